The normalized spacial score (nSPS) is 22.5. The molecule has 2 aromatic rings. The molecule has 3 aliphatic carbocycles. The molecule has 0 amide bonds. The highest BCUT2D eigenvalue weighted by Crippen LogP contribution is 2.50. The van der Waals surface area contributed by atoms with E-state index in [0.717, 1.165) is 24.9 Å². The third kappa shape index (κ3) is 3.16. The second-order valence-corrected chi connectivity index (χ2v) is 9.96. The molecule has 1 heterocycles. The Hall–Kier alpha value is -0.770. The van der Waals surface area contributed by atoms with E-state index in [-0.39, 0.29) is 5.41 Å². The Morgan fingerprint density at radius 2 is 1.85 bits per heavy atom. The fourth-order valence-electron chi connectivity index (χ4n) is 4.09. The number of aromatic nitrogens is 1. The van der Waals surface area contributed by atoms with Crippen molar-refractivity contribution >= 4 is 34.5 Å². The summed E-state index contributed by atoms with van der Waals surface area (Å²) < 4.78 is 2.55. The van der Waals surface area contributed by atoms with Crippen molar-refractivity contribution in [1.82, 2.24) is 4.57 Å². The summed E-state index contributed by atoms with van der Waals surface area (Å²) in [4.78, 5) is 6.23. The van der Waals surface area contributed by atoms with Crippen LogP contribution in [0.5, 0.6) is 0 Å². The van der Waals surface area contributed by atoms with Crippen molar-refractivity contribution < 1.29 is 0 Å². The van der Waals surface area contributed by atoms with Gasteiger partial charge in [-0.2, -0.15) is 0 Å². The molecule has 1 aromatic heterocycles. The average Bonchev–Trinajstić information content (AvgIpc) is 3.50. The molecule has 3 fully saturated rings. The van der Waals surface area contributed by atoms with Gasteiger partial charge < -0.3 is 4.57 Å². The Balaban J connectivity index is 1.58. The van der Waals surface area contributed by atoms with Gasteiger partial charge in [-0.25, -0.2) is 0 Å². The highest BCUT2D eigenvalue weighted by molar-refractivity contribution is 7.07. The van der Waals surface area contributed by atoms with Gasteiger partial charge in [-0.3, -0.25) is 4.99 Å². The van der Waals surface area contributed by atoms with Crippen molar-refractivity contribution in [2.75, 3.05) is 6.54 Å². The van der Waals surface area contributed by atoms with Crippen molar-refractivity contribution in [2.45, 2.75) is 56.9 Å². The van der Waals surface area contributed by atoms with Crippen LogP contribution in [0, 0.1) is 11.8 Å². The van der Waals surface area contributed by atoms with Crippen molar-refractivity contribution in [3.05, 3.63) is 49.7 Å². The molecule has 5 heteroatoms. The van der Waals surface area contributed by atoms with Crippen LogP contribution in [0.2, 0.25) is 10.0 Å². The summed E-state index contributed by atoms with van der Waals surface area (Å²) in [6, 6.07) is 6.21. The summed E-state index contributed by atoms with van der Waals surface area (Å²) >= 11 is 14.4. The molecule has 138 valence electrons. The van der Waals surface area contributed by atoms with Gasteiger partial charge in [0.05, 0.1) is 10.0 Å². The van der Waals surface area contributed by atoms with E-state index in [1.165, 1.54) is 61.0 Å². The van der Waals surface area contributed by atoms with Crippen LogP contribution >= 0.6 is 34.5 Å². The molecule has 0 spiro atoms. The highest BCUT2D eigenvalue weighted by atomic mass is 35.5. The lowest BCUT2D eigenvalue weighted by atomic mass is 9.62. The van der Waals surface area contributed by atoms with Gasteiger partial charge in [-0.05, 0) is 68.1 Å². The van der Waals surface area contributed by atoms with Crippen molar-refractivity contribution in [2.24, 2.45) is 16.8 Å². The Bertz CT molecular complexity index is 886. The zero-order valence-corrected chi connectivity index (χ0v) is 17.2. The predicted octanol–water partition coefficient (Wildman–Crippen LogP) is 6.05. The van der Waals surface area contributed by atoms with E-state index in [2.05, 4.69) is 22.1 Å². The lowest BCUT2D eigenvalue weighted by Gasteiger charge is -2.43. The minimum Gasteiger partial charge on any atom is -0.320 e. The quantitative estimate of drug-likeness (QED) is 0.555. The molecule has 0 radical (unpaired) electrons. The van der Waals surface area contributed by atoms with E-state index >= 15 is 0 Å². The Morgan fingerprint density at radius 3 is 2.46 bits per heavy atom. The lowest BCUT2D eigenvalue weighted by molar-refractivity contribution is 0.281. The Kier molecular flexibility index (Phi) is 4.46. The van der Waals surface area contributed by atoms with Gasteiger partial charge in [0.2, 0.25) is 0 Å². The van der Waals surface area contributed by atoms with Crippen molar-refractivity contribution in [3.63, 3.8) is 0 Å². The summed E-state index contributed by atoms with van der Waals surface area (Å²) in [5.74, 6) is 1.68. The fraction of sp³-hybridized carbons (Fsp3) is 0.571. The number of thiazole rings is 1. The van der Waals surface area contributed by atoms with E-state index in [1.54, 1.807) is 0 Å². The fourth-order valence-corrected chi connectivity index (χ4v) is 5.41. The van der Waals surface area contributed by atoms with Crippen molar-refractivity contribution in [3.8, 4) is 0 Å². The SMILES string of the molecule is Clc1ccc(C2(c3csc(=NCC4CC4)n3CC3CC3)CCC2)cc1Cl. The average molecular weight is 407 g/mol. The van der Waals surface area contributed by atoms with Gasteiger partial charge in [0.1, 0.15) is 0 Å². The predicted molar refractivity (Wildman–Crippen MR) is 109 cm³/mol. The summed E-state index contributed by atoms with van der Waals surface area (Å²) in [5.41, 5.74) is 2.86. The minimum absolute atomic E-state index is 0.0902. The first-order chi connectivity index (χ1) is 12.7. The molecule has 0 saturated heterocycles. The van der Waals surface area contributed by atoms with Gasteiger partial charge in [0.25, 0.3) is 0 Å². The number of hydrogen-bond donors (Lipinski definition) is 0. The molecule has 0 atom stereocenters. The monoisotopic (exact) mass is 406 g/mol. The van der Waals surface area contributed by atoms with Gasteiger partial charge in [-0.1, -0.05) is 35.7 Å². The van der Waals surface area contributed by atoms with Crippen LogP contribution in [0.25, 0.3) is 0 Å². The zero-order chi connectivity index (χ0) is 17.7. The second kappa shape index (κ2) is 6.68. The molecule has 0 N–H and O–H groups in total. The topological polar surface area (TPSA) is 17.3 Å². The maximum atomic E-state index is 6.36. The standard InChI is InChI=1S/C21H24Cl2N2S/c22-17-7-6-16(10-18(17)23)21(8-1-9-21)19-13-26-20(24-11-14-2-3-14)25(19)12-15-4-5-15/h6-7,10,13-15H,1-5,8-9,11-12H2. The lowest BCUT2D eigenvalue weighted by Crippen LogP contribution is -2.39. The number of hydrogen-bond acceptors (Lipinski definition) is 2. The van der Waals surface area contributed by atoms with Gasteiger partial charge in [-0.15, -0.1) is 11.3 Å². The molecule has 0 bridgehead atoms. The molecule has 1 aromatic carbocycles. The Morgan fingerprint density at radius 1 is 1.08 bits per heavy atom. The first-order valence-electron chi connectivity index (χ1n) is 9.80. The zero-order valence-electron chi connectivity index (χ0n) is 14.9. The number of halogens is 2. The smallest absolute Gasteiger partial charge is 0.184 e. The first-order valence-corrected chi connectivity index (χ1v) is 11.4. The van der Waals surface area contributed by atoms with Crippen LogP contribution in [0.15, 0.2) is 28.6 Å². The summed E-state index contributed by atoms with van der Waals surface area (Å²) in [5, 5.41) is 3.68. The summed E-state index contributed by atoms with van der Waals surface area (Å²) in [6.45, 7) is 2.13. The molecule has 26 heavy (non-hydrogen) atoms. The van der Waals surface area contributed by atoms with Crippen LogP contribution in [0.4, 0.5) is 0 Å². The maximum Gasteiger partial charge on any atom is 0.184 e. The van der Waals surface area contributed by atoms with E-state index in [0.29, 0.717) is 10.0 Å². The third-order valence-corrected chi connectivity index (χ3v) is 7.93. The highest BCUT2D eigenvalue weighted by Gasteiger charge is 2.43. The second-order valence-electron chi connectivity index (χ2n) is 8.31. The van der Waals surface area contributed by atoms with Gasteiger partial charge in [0.15, 0.2) is 4.80 Å². The van der Waals surface area contributed by atoms with Crippen LogP contribution < -0.4 is 4.80 Å². The molecule has 0 unspecified atom stereocenters. The molecule has 3 saturated carbocycles. The summed E-state index contributed by atoms with van der Waals surface area (Å²) in [6.07, 6.45) is 9.10. The first kappa shape index (κ1) is 17.3. The third-order valence-electron chi connectivity index (χ3n) is 6.29. The Labute approximate surface area is 168 Å². The molecule has 3 aliphatic rings. The van der Waals surface area contributed by atoms with Crippen LogP contribution in [0.3, 0.4) is 0 Å². The van der Waals surface area contributed by atoms with E-state index < -0.39 is 0 Å². The van der Waals surface area contributed by atoms with Crippen LogP contribution in [-0.4, -0.2) is 11.1 Å². The largest absolute Gasteiger partial charge is 0.320 e. The molecule has 0 aliphatic heterocycles. The summed E-state index contributed by atoms with van der Waals surface area (Å²) in [7, 11) is 0. The van der Waals surface area contributed by atoms with Gasteiger partial charge in [0, 0.05) is 29.6 Å². The number of rotatable bonds is 6. The van der Waals surface area contributed by atoms with E-state index in [9.17, 15) is 0 Å². The molecule has 5 rings (SSSR count). The van der Waals surface area contributed by atoms with Crippen LogP contribution in [0.1, 0.15) is 56.2 Å². The molecular formula is C21H24Cl2N2S. The molecular weight excluding hydrogens is 383 g/mol. The number of nitrogens with zero attached hydrogens (tertiary/aromatic N) is 2. The maximum absolute atomic E-state index is 6.36. The van der Waals surface area contributed by atoms with E-state index in [1.807, 2.05) is 17.4 Å². The molecule has 2 nitrogen and oxygen atoms in total. The van der Waals surface area contributed by atoms with Crippen LogP contribution in [-0.2, 0) is 12.0 Å². The van der Waals surface area contributed by atoms with Crippen molar-refractivity contribution in [1.29, 1.82) is 0 Å². The minimum atomic E-state index is 0.0902. The number of benzene rings is 1. The van der Waals surface area contributed by atoms with E-state index in [4.69, 9.17) is 28.2 Å². The van der Waals surface area contributed by atoms with Gasteiger partial charge >= 0.3 is 0 Å².